The van der Waals surface area contributed by atoms with Gasteiger partial charge in [0, 0.05) is 38.8 Å². The van der Waals surface area contributed by atoms with Crippen LogP contribution in [0.3, 0.4) is 0 Å². The first-order valence-corrected chi connectivity index (χ1v) is 7.63. The smallest absolute Gasteiger partial charge is 0.213 e. The van der Waals surface area contributed by atoms with E-state index in [1.807, 2.05) is 30.3 Å². The van der Waals surface area contributed by atoms with E-state index >= 15 is 0 Å². The molecule has 0 atom stereocenters. The molecule has 0 unspecified atom stereocenters. The van der Waals surface area contributed by atoms with Crippen molar-refractivity contribution in [2.45, 2.75) is 6.54 Å². The third kappa shape index (κ3) is 3.76. The van der Waals surface area contributed by atoms with Crippen LogP contribution >= 0.6 is 0 Å². The topological polar surface area (TPSA) is 65.3 Å². The van der Waals surface area contributed by atoms with Gasteiger partial charge in [0.2, 0.25) is 5.88 Å². The van der Waals surface area contributed by atoms with E-state index < -0.39 is 0 Å². The van der Waals surface area contributed by atoms with Crippen molar-refractivity contribution in [1.29, 1.82) is 5.26 Å². The van der Waals surface area contributed by atoms with Crippen LogP contribution in [0.1, 0.15) is 11.4 Å². The molecule has 0 radical (unpaired) electrons. The summed E-state index contributed by atoms with van der Waals surface area (Å²) in [5.41, 5.74) is 1.48. The fourth-order valence-corrected chi connectivity index (χ4v) is 2.69. The molecule has 1 aliphatic heterocycles. The molecule has 23 heavy (non-hydrogen) atoms. The van der Waals surface area contributed by atoms with Gasteiger partial charge in [0.05, 0.1) is 12.8 Å². The van der Waals surface area contributed by atoms with Crippen LogP contribution in [-0.4, -0.2) is 48.2 Å². The lowest BCUT2D eigenvalue weighted by Gasteiger charge is -2.35. The van der Waals surface area contributed by atoms with E-state index in [1.54, 1.807) is 13.2 Å². The molecule has 0 aliphatic carbocycles. The monoisotopic (exact) mass is 309 g/mol. The Bertz CT molecular complexity index is 704. The van der Waals surface area contributed by atoms with Gasteiger partial charge in [-0.25, -0.2) is 9.97 Å². The Morgan fingerprint density at radius 2 is 1.87 bits per heavy atom. The molecule has 6 nitrogen and oxygen atoms in total. The third-order valence-electron chi connectivity index (χ3n) is 3.92. The molecule has 2 aromatic heterocycles. The Labute approximate surface area is 136 Å². The van der Waals surface area contributed by atoms with Gasteiger partial charge in [0.1, 0.15) is 17.6 Å². The van der Waals surface area contributed by atoms with Crippen molar-refractivity contribution in [3.05, 3.63) is 47.8 Å². The van der Waals surface area contributed by atoms with Gasteiger partial charge in [-0.2, -0.15) is 5.26 Å². The lowest BCUT2D eigenvalue weighted by molar-refractivity contribution is 0.245. The maximum atomic E-state index is 8.95. The zero-order valence-corrected chi connectivity index (χ0v) is 13.1. The Balaban J connectivity index is 1.58. The summed E-state index contributed by atoms with van der Waals surface area (Å²) in [6, 6.07) is 13.5. The van der Waals surface area contributed by atoms with Crippen LogP contribution in [0.2, 0.25) is 0 Å². The highest BCUT2D eigenvalue weighted by Gasteiger charge is 2.18. The third-order valence-corrected chi connectivity index (χ3v) is 3.92. The number of methoxy groups -OCH3 is 1. The quantitative estimate of drug-likeness (QED) is 0.856. The van der Waals surface area contributed by atoms with Crippen molar-refractivity contribution in [1.82, 2.24) is 14.9 Å². The average molecular weight is 309 g/mol. The first-order valence-electron chi connectivity index (χ1n) is 7.63. The predicted octanol–water partition coefficient (Wildman–Crippen LogP) is 1.68. The van der Waals surface area contributed by atoms with E-state index in [0.717, 1.165) is 44.2 Å². The Hall–Kier alpha value is -2.65. The lowest BCUT2D eigenvalue weighted by Crippen LogP contribution is -2.46. The first kappa shape index (κ1) is 15.3. The van der Waals surface area contributed by atoms with Crippen molar-refractivity contribution >= 4 is 5.82 Å². The second-order valence-electron chi connectivity index (χ2n) is 5.43. The van der Waals surface area contributed by atoms with Crippen molar-refractivity contribution < 1.29 is 4.74 Å². The zero-order valence-electron chi connectivity index (χ0n) is 13.1. The van der Waals surface area contributed by atoms with Crippen LogP contribution in [0, 0.1) is 11.3 Å². The van der Waals surface area contributed by atoms with Gasteiger partial charge in [-0.15, -0.1) is 0 Å². The molecule has 118 valence electrons. The lowest BCUT2D eigenvalue weighted by atomic mass is 10.2. The van der Waals surface area contributed by atoms with Crippen LogP contribution in [0.5, 0.6) is 5.88 Å². The van der Waals surface area contributed by atoms with Gasteiger partial charge >= 0.3 is 0 Å². The summed E-state index contributed by atoms with van der Waals surface area (Å²) in [5, 5.41) is 8.95. The number of ether oxygens (including phenoxy) is 1. The number of pyridine rings is 2. The first-order chi connectivity index (χ1) is 11.3. The summed E-state index contributed by atoms with van der Waals surface area (Å²) < 4.78 is 5.17. The van der Waals surface area contributed by atoms with Crippen LogP contribution in [-0.2, 0) is 6.54 Å². The van der Waals surface area contributed by atoms with Gasteiger partial charge in [-0.3, -0.25) is 4.90 Å². The number of anilines is 1. The molecule has 0 spiro atoms. The molecule has 3 rings (SSSR count). The minimum absolute atomic E-state index is 0.463. The van der Waals surface area contributed by atoms with E-state index in [9.17, 15) is 0 Å². The molecule has 2 aromatic rings. The number of hydrogen-bond donors (Lipinski definition) is 0. The van der Waals surface area contributed by atoms with Crippen molar-refractivity contribution in [2.24, 2.45) is 0 Å². The minimum atomic E-state index is 0.463. The second-order valence-corrected chi connectivity index (χ2v) is 5.43. The van der Waals surface area contributed by atoms with E-state index in [2.05, 4.69) is 25.8 Å². The number of nitrogens with zero attached hydrogens (tertiary/aromatic N) is 5. The van der Waals surface area contributed by atoms with E-state index in [0.29, 0.717) is 11.6 Å². The van der Waals surface area contributed by atoms with Crippen molar-refractivity contribution in [3.63, 3.8) is 0 Å². The van der Waals surface area contributed by atoms with Gasteiger partial charge in [-0.1, -0.05) is 12.1 Å². The highest BCUT2D eigenvalue weighted by atomic mass is 16.5. The summed E-state index contributed by atoms with van der Waals surface area (Å²) in [7, 11) is 1.63. The summed E-state index contributed by atoms with van der Waals surface area (Å²) in [6.45, 7) is 4.49. The number of rotatable bonds is 4. The highest BCUT2D eigenvalue weighted by molar-refractivity contribution is 5.42. The molecule has 0 aromatic carbocycles. The zero-order chi connectivity index (χ0) is 16.1. The Morgan fingerprint density at radius 3 is 2.61 bits per heavy atom. The predicted molar refractivity (Wildman–Crippen MR) is 87.2 cm³/mol. The van der Waals surface area contributed by atoms with Crippen molar-refractivity contribution in [2.75, 3.05) is 38.2 Å². The largest absolute Gasteiger partial charge is 0.481 e. The summed E-state index contributed by atoms with van der Waals surface area (Å²) in [6.07, 6.45) is 0. The molecule has 3 heterocycles. The average Bonchev–Trinajstić information content (AvgIpc) is 2.62. The van der Waals surface area contributed by atoms with E-state index in [4.69, 9.17) is 10.00 Å². The fraction of sp³-hybridized carbons (Fsp3) is 0.353. The second kappa shape index (κ2) is 7.07. The van der Waals surface area contributed by atoms with Crippen LogP contribution < -0.4 is 9.64 Å². The number of piperazine rings is 1. The van der Waals surface area contributed by atoms with Crippen molar-refractivity contribution in [3.8, 4) is 11.9 Å². The molecule has 0 bridgehead atoms. The minimum Gasteiger partial charge on any atom is -0.481 e. The number of aromatic nitrogens is 2. The van der Waals surface area contributed by atoms with Gasteiger partial charge in [-0.05, 0) is 18.2 Å². The maximum absolute atomic E-state index is 8.95. The summed E-state index contributed by atoms with van der Waals surface area (Å²) in [5.74, 6) is 1.53. The molecule has 1 saturated heterocycles. The molecule has 0 N–H and O–H groups in total. The SMILES string of the molecule is COc1cccc(CN2CCN(c3cccc(C#N)n3)CC2)n1. The molecular weight excluding hydrogens is 290 g/mol. The van der Waals surface area contributed by atoms with E-state index in [1.165, 1.54) is 0 Å². The molecule has 6 heteroatoms. The van der Waals surface area contributed by atoms with Gasteiger partial charge in [0.25, 0.3) is 0 Å². The highest BCUT2D eigenvalue weighted by Crippen LogP contribution is 2.16. The Kier molecular flexibility index (Phi) is 4.69. The molecule has 1 fully saturated rings. The molecule has 1 aliphatic rings. The van der Waals surface area contributed by atoms with Gasteiger partial charge in [0.15, 0.2) is 0 Å². The number of nitriles is 1. The summed E-state index contributed by atoms with van der Waals surface area (Å²) >= 11 is 0. The Morgan fingerprint density at radius 1 is 1.09 bits per heavy atom. The van der Waals surface area contributed by atoms with E-state index in [-0.39, 0.29) is 0 Å². The normalized spacial score (nSPS) is 15.2. The van der Waals surface area contributed by atoms with Gasteiger partial charge < -0.3 is 9.64 Å². The summed E-state index contributed by atoms with van der Waals surface area (Å²) in [4.78, 5) is 13.4. The standard InChI is InChI=1S/C17H19N5O/c1-23-17-7-3-5-15(20-17)13-21-8-10-22(11-9-21)16-6-2-4-14(12-18)19-16/h2-7H,8-11,13H2,1H3. The van der Waals surface area contributed by atoms with Crippen LogP contribution in [0.4, 0.5) is 5.82 Å². The molecule has 0 saturated carbocycles. The molecule has 0 amide bonds. The number of hydrogen-bond acceptors (Lipinski definition) is 6. The van der Waals surface area contributed by atoms with Crippen LogP contribution in [0.15, 0.2) is 36.4 Å². The fourth-order valence-electron chi connectivity index (χ4n) is 2.69. The van der Waals surface area contributed by atoms with Crippen LogP contribution in [0.25, 0.3) is 0 Å². The maximum Gasteiger partial charge on any atom is 0.213 e. The molecular formula is C17H19N5O.